The minimum atomic E-state index is -1.02. The van der Waals surface area contributed by atoms with E-state index in [0.29, 0.717) is 48.3 Å². The Kier molecular flexibility index (Phi) is 11.9. The van der Waals surface area contributed by atoms with Crippen LogP contribution >= 0.6 is 0 Å². The number of imide groups is 2. The molecule has 0 saturated carbocycles. The summed E-state index contributed by atoms with van der Waals surface area (Å²) in [6, 6.07) is 12.8. The zero-order valence-corrected chi connectivity index (χ0v) is 30.1. The summed E-state index contributed by atoms with van der Waals surface area (Å²) in [5, 5.41) is 22.8. The van der Waals surface area contributed by atoms with Gasteiger partial charge in [-0.25, -0.2) is 4.98 Å². The van der Waals surface area contributed by atoms with Gasteiger partial charge in [-0.2, -0.15) is 0 Å². The summed E-state index contributed by atoms with van der Waals surface area (Å²) in [5.41, 5.74) is 3.28. The van der Waals surface area contributed by atoms with Crippen LogP contribution in [0.2, 0.25) is 0 Å². The lowest BCUT2D eigenvalue weighted by Gasteiger charge is -2.27. The van der Waals surface area contributed by atoms with E-state index in [4.69, 9.17) is 0 Å². The third-order valence-corrected chi connectivity index (χ3v) is 9.54. The van der Waals surface area contributed by atoms with E-state index in [1.807, 2.05) is 25.1 Å². The number of benzene rings is 2. The van der Waals surface area contributed by atoms with Crippen molar-refractivity contribution in [3.63, 3.8) is 0 Å². The van der Waals surface area contributed by atoms with Crippen molar-refractivity contribution in [3.05, 3.63) is 88.9 Å². The first-order chi connectivity index (χ1) is 26.2. The number of unbranched alkanes of at least 4 members (excludes halogenated alkanes) is 4. The molecule has 1 fully saturated rings. The van der Waals surface area contributed by atoms with Gasteiger partial charge >= 0.3 is 0 Å². The molecule has 14 nitrogen and oxygen atoms in total. The monoisotopic (exact) mass is 733 g/mol. The standard InChI is InChI=1S/C40H43N7O7/c1-2-10-32(48)45-30-22-28(26-15-14-25(44-35(26)36(30)50)21-24-11-9-18-41-23-24)37(51)43-20-7-5-3-4-6-19-42-29-13-8-12-27-34(29)40(54)47(39(27)53)31-16-17-33(49)46-38(31)52/h8-9,11-15,18,22-23,31,42,50H,2-7,10,16-17,19-21H2,1H3,(H,43,51)(H,45,48)(H,46,49,52). The van der Waals surface area contributed by atoms with Gasteiger partial charge in [-0.15, -0.1) is 0 Å². The quantitative estimate of drug-likeness (QED) is 0.0602. The Morgan fingerprint density at radius 1 is 0.944 bits per heavy atom. The van der Waals surface area contributed by atoms with Crippen LogP contribution in [-0.2, 0) is 20.8 Å². The first-order valence-electron chi connectivity index (χ1n) is 18.4. The van der Waals surface area contributed by atoms with Gasteiger partial charge in [-0.1, -0.05) is 44.4 Å². The molecule has 4 heterocycles. The molecule has 0 spiro atoms. The number of pyridine rings is 2. The number of piperidine rings is 1. The second kappa shape index (κ2) is 17.1. The number of aromatic hydroxyl groups is 1. The van der Waals surface area contributed by atoms with Gasteiger partial charge in [-0.05, 0) is 61.6 Å². The molecule has 0 bridgehead atoms. The number of phenols is 1. The molecule has 2 aromatic heterocycles. The second-order valence-electron chi connectivity index (χ2n) is 13.5. The fraction of sp³-hybridized carbons (Fsp3) is 0.350. The number of amides is 6. The molecule has 54 heavy (non-hydrogen) atoms. The number of nitrogens with one attached hydrogen (secondary N) is 4. The molecule has 4 aromatic rings. The van der Waals surface area contributed by atoms with Gasteiger partial charge in [-0.3, -0.25) is 44.0 Å². The average molecular weight is 734 g/mol. The number of phenolic OH excluding ortho intramolecular Hbond substituents is 1. The molecule has 2 aromatic carbocycles. The van der Waals surface area contributed by atoms with E-state index in [2.05, 4.69) is 31.2 Å². The Bertz CT molecular complexity index is 2100. The average Bonchev–Trinajstić information content (AvgIpc) is 3.41. The van der Waals surface area contributed by atoms with Crippen molar-refractivity contribution in [1.82, 2.24) is 25.5 Å². The van der Waals surface area contributed by atoms with E-state index < -0.39 is 29.7 Å². The Morgan fingerprint density at radius 3 is 2.50 bits per heavy atom. The van der Waals surface area contributed by atoms with Crippen molar-refractivity contribution in [3.8, 4) is 5.75 Å². The molecule has 1 atom stereocenters. The van der Waals surface area contributed by atoms with E-state index in [9.17, 15) is 33.9 Å². The van der Waals surface area contributed by atoms with Crippen molar-refractivity contribution >= 4 is 57.7 Å². The molecular weight excluding hydrogens is 690 g/mol. The molecule has 0 aliphatic carbocycles. The zero-order valence-electron chi connectivity index (χ0n) is 30.1. The molecule has 280 valence electrons. The highest BCUT2D eigenvalue weighted by atomic mass is 16.3. The van der Waals surface area contributed by atoms with Crippen molar-refractivity contribution in [2.45, 2.75) is 77.2 Å². The number of carbonyl (C=O) groups is 6. The van der Waals surface area contributed by atoms with E-state index in [0.717, 1.165) is 42.6 Å². The highest BCUT2D eigenvalue weighted by molar-refractivity contribution is 6.25. The maximum absolute atomic E-state index is 13.5. The molecule has 14 heteroatoms. The SMILES string of the molecule is CCCC(=O)Nc1cc(C(=O)NCCCCCCCNc2cccc3c2C(=O)N(C2CCC(=O)NC2=O)C3=O)c2ccc(Cc3cccnc3)nc2c1O. The first kappa shape index (κ1) is 37.6. The van der Waals surface area contributed by atoms with E-state index in [1.165, 1.54) is 6.07 Å². The van der Waals surface area contributed by atoms with Crippen LogP contribution in [0.5, 0.6) is 5.75 Å². The Balaban J connectivity index is 0.993. The van der Waals surface area contributed by atoms with Crippen LogP contribution in [-0.4, -0.2) is 74.5 Å². The van der Waals surface area contributed by atoms with Crippen molar-refractivity contribution in [2.24, 2.45) is 0 Å². The lowest BCUT2D eigenvalue weighted by Crippen LogP contribution is -2.54. The lowest BCUT2D eigenvalue weighted by atomic mass is 10.0. The van der Waals surface area contributed by atoms with Crippen LogP contribution in [0, 0.1) is 0 Å². The number of anilines is 2. The Labute approximate surface area is 312 Å². The Morgan fingerprint density at radius 2 is 1.74 bits per heavy atom. The zero-order chi connectivity index (χ0) is 38.2. The molecule has 6 amide bonds. The summed E-state index contributed by atoms with van der Waals surface area (Å²) in [7, 11) is 0. The summed E-state index contributed by atoms with van der Waals surface area (Å²) in [6.45, 7) is 2.88. The summed E-state index contributed by atoms with van der Waals surface area (Å²) < 4.78 is 0. The summed E-state index contributed by atoms with van der Waals surface area (Å²) in [6.07, 6.45) is 9.17. The smallest absolute Gasteiger partial charge is 0.264 e. The Hall–Kier alpha value is -6.18. The van der Waals surface area contributed by atoms with Gasteiger partial charge in [0.05, 0.1) is 22.4 Å². The number of hydrogen-bond donors (Lipinski definition) is 5. The maximum atomic E-state index is 13.5. The van der Waals surface area contributed by atoms with Crippen LogP contribution in [0.3, 0.4) is 0 Å². The number of carbonyl (C=O) groups excluding carboxylic acids is 6. The highest BCUT2D eigenvalue weighted by Gasteiger charge is 2.45. The summed E-state index contributed by atoms with van der Waals surface area (Å²) >= 11 is 0. The second-order valence-corrected chi connectivity index (χ2v) is 13.5. The van der Waals surface area contributed by atoms with Crippen LogP contribution in [0.1, 0.15) is 107 Å². The minimum absolute atomic E-state index is 0.0602. The third kappa shape index (κ3) is 8.38. The van der Waals surface area contributed by atoms with Crippen LogP contribution in [0.4, 0.5) is 11.4 Å². The van der Waals surface area contributed by atoms with Gasteiger partial charge in [0.25, 0.3) is 17.7 Å². The predicted molar refractivity (Wildman–Crippen MR) is 201 cm³/mol. The fourth-order valence-corrected chi connectivity index (χ4v) is 6.81. The number of rotatable bonds is 16. The van der Waals surface area contributed by atoms with E-state index >= 15 is 0 Å². The summed E-state index contributed by atoms with van der Waals surface area (Å²) in [5.74, 6) is -2.95. The normalized spacial score (nSPS) is 15.3. The van der Waals surface area contributed by atoms with Gasteiger partial charge in [0.15, 0.2) is 5.75 Å². The maximum Gasteiger partial charge on any atom is 0.264 e. The molecule has 1 unspecified atom stereocenters. The molecular formula is C40H43N7O7. The predicted octanol–water partition coefficient (Wildman–Crippen LogP) is 4.86. The van der Waals surface area contributed by atoms with Gasteiger partial charge in [0.2, 0.25) is 17.7 Å². The number of hydrogen-bond acceptors (Lipinski definition) is 10. The van der Waals surface area contributed by atoms with E-state index in [1.54, 1.807) is 36.7 Å². The molecule has 2 aliphatic rings. The minimum Gasteiger partial charge on any atom is -0.504 e. The van der Waals surface area contributed by atoms with Gasteiger partial charge in [0, 0.05) is 61.5 Å². The molecule has 1 saturated heterocycles. The van der Waals surface area contributed by atoms with Crippen molar-refractivity contribution < 1.29 is 33.9 Å². The van der Waals surface area contributed by atoms with Crippen LogP contribution < -0.4 is 21.3 Å². The first-order valence-corrected chi connectivity index (χ1v) is 18.4. The number of aromatic nitrogens is 2. The highest BCUT2D eigenvalue weighted by Crippen LogP contribution is 2.35. The van der Waals surface area contributed by atoms with E-state index in [-0.39, 0.29) is 59.2 Å². The number of fused-ring (bicyclic) bond motifs is 2. The van der Waals surface area contributed by atoms with Crippen molar-refractivity contribution in [1.29, 1.82) is 0 Å². The fourth-order valence-electron chi connectivity index (χ4n) is 6.81. The largest absolute Gasteiger partial charge is 0.504 e. The lowest BCUT2D eigenvalue weighted by molar-refractivity contribution is -0.136. The van der Waals surface area contributed by atoms with Crippen LogP contribution in [0.15, 0.2) is 60.9 Å². The van der Waals surface area contributed by atoms with Crippen molar-refractivity contribution in [2.75, 3.05) is 23.7 Å². The van der Waals surface area contributed by atoms with Gasteiger partial charge < -0.3 is 21.1 Å². The van der Waals surface area contributed by atoms with Gasteiger partial charge in [0.1, 0.15) is 11.6 Å². The number of nitrogens with zero attached hydrogens (tertiary/aromatic N) is 3. The molecule has 2 aliphatic heterocycles. The third-order valence-electron chi connectivity index (χ3n) is 9.54. The van der Waals surface area contributed by atoms with Crippen LogP contribution in [0.25, 0.3) is 10.9 Å². The topological polar surface area (TPSA) is 200 Å². The summed E-state index contributed by atoms with van der Waals surface area (Å²) in [4.78, 5) is 86.0. The molecule has 0 radical (unpaired) electrons. The molecule has 6 rings (SSSR count). The molecule has 5 N–H and O–H groups in total.